The highest BCUT2D eigenvalue weighted by molar-refractivity contribution is 7.80. The number of nitrogens with one attached hydrogen (secondary N) is 4. The lowest BCUT2D eigenvalue weighted by Gasteiger charge is -2.24. The number of carbonyl (C=O) groups is 5. The summed E-state index contributed by atoms with van der Waals surface area (Å²) in [5, 5.41) is 17.7. The van der Waals surface area contributed by atoms with Crippen LogP contribution in [0.3, 0.4) is 0 Å². The van der Waals surface area contributed by atoms with E-state index in [0.717, 1.165) is 16.5 Å². The van der Waals surface area contributed by atoms with Gasteiger partial charge in [0, 0.05) is 29.3 Å². The van der Waals surface area contributed by atoms with Gasteiger partial charge in [-0.25, -0.2) is 4.79 Å². The van der Waals surface area contributed by atoms with Gasteiger partial charge in [-0.2, -0.15) is 12.6 Å². The maximum atomic E-state index is 13.0. The van der Waals surface area contributed by atoms with Gasteiger partial charge in [0.2, 0.25) is 23.6 Å². The molecule has 0 fully saturated rings. The number of aromatic nitrogens is 1. The van der Waals surface area contributed by atoms with Crippen LogP contribution in [0.4, 0.5) is 0 Å². The second kappa shape index (κ2) is 14.1. The Morgan fingerprint density at radius 2 is 1.43 bits per heavy atom. The maximum absolute atomic E-state index is 13.0. The smallest absolute Gasteiger partial charge is 0.326 e. The first-order chi connectivity index (χ1) is 19.1. The number of benzene rings is 2. The van der Waals surface area contributed by atoms with Crippen LogP contribution >= 0.6 is 12.6 Å². The van der Waals surface area contributed by atoms with Gasteiger partial charge in [-0.3, -0.25) is 19.2 Å². The highest BCUT2D eigenvalue weighted by Crippen LogP contribution is 2.18. The topological polar surface area (TPSA) is 209 Å². The van der Waals surface area contributed by atoms with E-state index in [1.54, 1.807) is 36.5 Å². The van der Waals surface area contributed by atoms with Crippen LogP contribution in [-0.4, -0.2) is 69.6 Å². The van der Waals surface area contributed by atoms with Gasteiger partial charge >= 0.3 is 5.97 Å². The van der Waals surface area contributed by atoms with Crippen LogP contribution in [0, 0.1) is 0 Å². The minimum absolute atomic E-state index is 0.0177. The maximum Gasteiger partial charge on any atom is 0.326 e. The minimum atomic E-state index is -1.42. The zero-order valence-corrected chi connectivity index (χ0v) is 22.4. The van der Waals surface area contributed by atoms with Crippen LogP contribution in [0.5, 0.6) is 0 Å². The Hall–Kier alpha value is -4.36. The summed E-state index contributed by atoms with van der Waals surface area (Å²) in [5.41, 5.74) is 13.7. The average molecular weight is 569 g/mol. The fraction of sp³-hybridized carbons (Fsp3) is 0.296. The Kier molecular flexibility index (Phi) is 10.7. The number of carboxylic acids is 1. The first kappa shape index (κ1) is 30.2. The molecule has 0 radical (unpaired) electrons. The number of aliphatic carboxylic acids is 1. The van der Waals surface area contributed by atoms with Gasteiger partial charge in [0.15, 0.2) is 0 Å². The summed E-state index contributed by atoms with van der Waals surface area (Å²) in [5.74, 6) is -4.70. The molecule has 3 aromatic rings. The highest BCUT2D eigenvalue weighted by Gasteiger charge is 2.31. The molecule has 0 aliphatic rings. The number of hydrogen-bond acceptors (Lipinski definition) is 7. The van der Waals surface area contributed by atoms with Crippen molar-refractivity contribution < 1.29 is 29.1 Å². The lowest BCUT2D eigenvalue weighted by atomic mass is 10.0. The molecule has 0 bridgehead atoms. The number of nitrogens with two attached hydrogens (primary N) is 2. The van der Waals surface area contributed by atoms with Gasteiger partial charge in [0.25, 0.3) is 0 Å². The Morgan fingerprint density at radius 1 is 0.825 bits per heavy atom. The molecule has 212 valence electrons. The van der Waals surface area contributed by atoms with Crippen LogP contribution in [0.1, 0.15) is 17.5 Å². The van der Waals surface area contributed by atoms with Crippen molar-refractivity contribution in [3.8, 4) is 0 Å². The van der Waals surface area contributed by atoms with E-state index in [2.05, 4.69) is 33.6 Å². The number of thiol groups is 1. The molecule has 4 atom stereocenters. The van der Waals surface area contributed by atoms with Crippen LogP contribution in [0.15, 0.2) is 60.8 Å². The molecule has 13 heteroatoms. The van der Waals surface area contributed by atoms with Crippen molar-refractivity contribution in [2.24, 2.45) is 11.5 Å². The third-order valence-corrected chi connectivity index (χ3v) is 6.57. The number of fused-ring (bicyclic) bond motifs is 1. The molecule has 0 spiro atoms. The summed E-state index contributed by atoms with van der Waals surface area (Å²) < 4.78 is 0. The van der Waals surface area contributed by atoms with Gasteiger partial charge in [-0.1, -0.05) is 48.5 Å². The normalized spacial score (nSPS) is 13.9. The van der Waals surface area contributed by atoms with E-state index in [-0.39, 0.29) is 18.6 Å². The number of carboxylic acid groups (broad SMARTS) is 1. The van der Waals surface area contributed by atoms with Crippen molar-refractivity contribution in [3.05, 3.63) is 71.9 Å². The van der Waals surface area contributed by atoms with Crippen LogP contribution < -0.4 is 27.4 Å². The van der Waals surface area contributed by atoms with E-state index in [1.807, 2.05) is 24.3 Å². The lowest BCUT2D eigenvalue weighted by molar-refractivity contribution is -0.142. The summed E-state index contributed by atoms with van der Waals surface area (Å²) in [6.07, 6.45) is 1.36. The molecule has 1 heterocycles. The van der Waals surface area contributed by atoms with Crippen molar-refractivity contribution in [1.29, 1.82) is 0 Å². The molecule has 4 amide bonds. The largest absolute Gasteiger partial charge is 0.480 e. The molecule has 4 unspecified atom stereocenters. The van der Waals surface area contributed by atoms with Gasteiger partial charge in [0.05, 0.1) is 12.5 Å². The molecule has 40 heavy (non-hydrogen) atoms. The van der Waals surface area contributed by atoms with Crippen molar-refractivity contribution in [1.82, 2.24) is 20.9 Å². The summed E-state index contributed by atoms with van der Waals surface area (Å²) in [6, 6.07) is 11.2. The Bertz CT molecular complexity index is 1360. The summed E-state index contributed by atoms with van der Waals surface area (Å²) in [4.78, 5) is 65.2. The number of carbonyl (C=O) groups excluding carboxylic acids is 4. The van der Waals surface area contributed by atoms with Gasteiger partial charge in [-0.15, -0.1) is 0 Å². The molecular weight excluding hydrogens is 536 g/mol. The summed E-state index contributed by atoms with van der Waals surface area (Å²) in [6.45, 7) is 0. The van der Waals surface area contributed by atoms with Gasteiger partial charge in [-0.05, 0) is 23.6 Å². The number of amides is 4. The number of hydrogen-bond donors (Lipinski definition) is 8. The Labute approximate surface area is 235 Å². The van der Waals surface area contributed by atoms with E-state index < -0.39 is 60.2 Å². The molecular formula is C27H32N6O6S. The number of primary amides is 1. The van der Waals surface area contributed by atoms with Gasteiger partial charge < -0.3 is 37.5 Å². The zero-order chi connectivity index (χ0) is 29.2. The second-order valence-corrected chi connectivity index (χ2v) is 9.60. The van der Waals surface area contributed by atoms with E-state index in [1.165, 1.54) is 0 Å². The number of aromatic amines is 1. The molecule has 1 aromatic heterocycles. The summed E-state index contributed by atoms with van der Waals surface area (Å²) >= 11 is 4.10. The fourth-order valence-corrected chi connectivity index (χ4v) is 4.37. The van der Waals surface area contributed by atoms with Crippen LogP contribution in [0.2, 0.25) is 0 Å². The molecule has 0 aliphatic carbocycles. The zero-order valence-electron chi connectivity index (χ0n) is 21.5. The van der Waals surface area contributed by atoms with E-state index >= 15 is 0 Å². The standard InChI is InChI=1S/C27H32N6O6S/c28-18(11-16-13-30-19-9-5-4-8-17(16)19)24(35)31-20(12-23(29)34)25(36)33-22(14-40)26(37)32-21(27(38)39)10-15-6-2-1-3-7-15/h1-9,13,18,20-22,30,40H,10-12,14,28H2,(H2,29,34)(H,31,35)(H,32,37)(H,33,36)(H,38,39). The third kappa shape index (κ3) is 8.32. The second-order valence-electron chi connectivity index (χ2n) is 9.23. The fourth-order valence-electron chi connectivity index (χ4n) is 4.11. The van der Waals surface area contributed by atoms with E-state index in [0.29, 0.717) is 5.56 Å². The minimum Gasteiger partial charge on any atom is -0.480 e. The first-order valence-electron chi connectivity index (χ1n) is 12.5. The van der Waals surface area contributed by atoms with E-state index in [4.69, 9.17) is 11.5 Å². The average Bonchev–Trinajstić information content (AvgIpc) is 3.33. The third-order valence-electron chi connectivity index (χ3n) is 6.20. The van der Waals surface area contributed by atoms with Crippen LogP contribution in [0.25, 0.3) is 10.9 Å². The predicted molar refractivity (Wildman–Crippen MR) is 151 cm³/mol. The lowest BCUT2D eigenvalue weighted by Crippen LogP contribution is -2.58. The Morgan fingerprint density at radius 3 is 2.08 bits per heavy atom. The van der Waals surface area contributed by atoms with Crippen molar-refractivity contribution in [2.45, 2.75) is 43.4 Å². The number of rotatable bonds is 14. The molecule has 9 N–H and O–H groups in total. The van der Waals surface area contributed by atoms with Crippen molar-refractivity contribution in [3.63, 3.8) is 0 Å². The molecule has 0 saturated carbocycles. The summed E-state index contributed by atoms with van der Waals surface area (Å²) in [7, 11) is 0. The van der Waals surface area contributed by atoms with Gasteiger partial charge in [0.1, 0.15) is 18.1 Å². The van der Waals surface area contributed by atoms with Crippen LogP contribution in [-0.2, 0) is 36.8 Å². The van der Waals surface area contributed by atoms with Crippen molar-refractivity contribution >= 4 is 53.1 Å². The number of H-pyrrole nitrogens is 1. The molecule has 0 saturated heterocycles. The predicted octanol–water partition coefficient (Wildman–Crippen LogP) is -0.375. The highest BCUT2D eigenvalue weighted by atomic mass is 32.1. The quantitative estimate of drug-likeness (QED) is 0.121. The monoisotopic (exact) mass is 568 g/mol. The Balaban J connectivity index is 1.64. The van der Waals surface area contributed by atoms with E-state index in [9.17, 15) is 29.1 Å². The molecule has 2 aromatic carbocycles. The molecule has 0 aliphatic heterocycles. The van der Waals surface area contributed by atoms with Crippen molar-refractivity contribution in [2.75, 3.05) is 5.75 Å². The first-order valence-corrected chi connectivity index (χ1v) is 13.1. The number of para-hydroxylation sites is 1. The molecule has 3 rings (SSSR count). The SMILES string of the molecule is NC(=O)CC(NC(=O)C(N)Cc1c[nH]c2ccccc12)C(=O)NC(CS)C(=O)NC(Cc1ccccc1)C(=O)O. The molecule has 12 nitrogen and oxygen atoms in total.